The second kappa shape index (κ2) is 6.18. The van der Waals surface area contributed by atoms with Crippen LogP contribution in [0.4, 0.5) is 0 Å². The zero-order chi connectivity index (χ0) is 12.9. The van der Waals surface area contributed by atoms with Gasteiger partial charge in [0.25, 0.3) is 0 Å². The summed E-state index contributed by atoms with van der Waals surface area (Å²) in [7, 11) is 4.19. The number of hydrogen-bond donors (Lipinski definition) is 1. The fourth-order valence-corrected chi connectivity index (χ4v) is 1.80. The molecule has 0 amide bonds. The molecule has 2 nitrogen and oxygen atoms in total. The molecule has 0 fully saturated rings. The van der Waals surface area contributed by atoms with Gasteiger partial charge in [-0.15, -0.1) is 0 Å². The Kier molecular flexibility index (Phi) is 5.16. The molecule has 0 aliphatic carbocycles. The van der Waals surface area contributed by atoms with Crippen LogP contribution in [-0.2, 0) is 13.1 Å². The topological polar surface area (TPSA) is 15.3 Å². The lowest BCUT2D eigenvalue weighted by molar-refractivity contribution is 0.143. The first-order valence-electron chi connectivity index (χ1n) is 6.43. The minimum absolute atomic E-state index is 0.263. The summed E-state index contributed by atoms with van der Waals surface area (Å²) >= 11 is 0. The van der Waals surface area contributed by atoms with Crippen LogP contribution in [0.25, 0.3) is 0 Å². The number of hydrogen-bond acceptors (Lipinski definition) is 2. The van der Waals surface area contributed by atoms with E-state index in [9.17, 15) is 0 Å². The van der Waals surface area contributed by atoms with Gasteiger partial charge in [-0.3, -0.25) is 4.90 Å². The maximum absolute atomic E-state index is 3.19. The Morgan fingerprint density at radius 2 is 1.88 bits per heavy atom. The third kappa shape index (κ3) is 4.14. The molecule has 1 aromatic carbocycles. The molecule has 96 valence electrons. The van der Waals surface area contributed by atoms with Gasteiger partial charge < -0.3 is 5.32 Å². The number of nitrogens with zero attached hydrogens (tertiary/aromatic N) is 1. The predicted molar refractivity (Wildman–Crippen MR) is 75.0 cm³/mol. The van der Waals surface area contributed by atoms with E-state index < -0.39 is 0 Å². The van der Waals surface area contributed by atoms with E-state index in [0.29, 0.717) is 0 Å². The van der Waals surface area contributed by atoms with Crippen LogP contribution < -0.4 is 5.32 Å². The quantitative estimate of drug-likeness (QED) is 0.814. The van der Waals surface area contributed by atoms with E-state index in [4.69, 9.17) is 0 Å². The fourth-order valence-electron chi connectivity index (χ4n) is 1.80. The monoisotopic (exact) mass is 234 g/mol. The highest BCUT2D eigenvalue weighted by Gasteiger charge is 2.20. The summed E-state index contributed by atoms with van der Waals surface area (Å²) in [6, 6.07) is 8.82. The van der Waals surface area contributed by atoms with E-state index in [0.717, 1.165) is 13.1 Å². The molecule has 0 radical (unpaired) electrons. The van der Waals surface area contributed by atoms with Crippen LogP contribution in [0.15, 0.2) is 24.3 Å². The van der Waals surface area contributed by atoms with E-state index in [1.54, 1.807) is 0 Å². The van der Waals surface area contributed by atoms with E-state index in [1.807, 2.05) is 7.05 Å². The largest absolute Gasteiger partial charge is 0.316 e. The van der Waals surface area contributed by atoms with Gasteiger partial charge in [0, 0.05) is 18.6 Å². The molecule has 0 saturated heterocycles. The highest BCUT2D eigenvalue weighted by atomic mass is 15.2. The fraction of sp³-hybridized carbons (Fsp3) is 0.600. The number of nitrogens with one attached hydrogen (secondary N) is 1. The van der Waals surface area contributed by atoms with Gasteiger partial charge in [0.15, 0.2) is 0 Å². The van der Waals surface area contributed by atoms with Crippen molar-refractivity contribution >= 4 is 0 Å². The van der Waals surface area contributed by atoms with Crippen LogP contribution in [-0.4, -0.2) is 24.5 Å². The molecule has 1 N–H and O–H groups in total. The molecule has 0 aromatic heterocycles. The minimum atomic E-state index is 0.263. The normalized spacial score (nSPS) is 12.1. The highest BCUT2D eigenvalue weighted by molar-refractivity contribution is 5.23. The molecule has 0 spiro atoms. The number of rotatable bonds is 6. The van der Waals surface area contributed by atoms with Gasteiger partial charge >= 0.3 is 0 Å². The van der Waals surface area contributed by atoms with Crippen LogP contribution in [0.5, 0.6) is 0 Å². The Bertz CT molecular complexity index is 345. The van der Waals surface area contributed by atoms with Crippen LogP contribution in [0.3, 0.4) is 0 Å². The lowest BCUT2D eigenvalue weighted by Crippen LogP contribution is -2.39. The van der Waals surface area contributed by atoms with Crippen LogP contribution in [0, 0.1) is 0 Å². The van der Waals surface area contributed by atoms with Gasteiger partial charge in [-0.2, -0.15) is 0 Å². The van der Waals surface area contributed by atoms with E-state index in [2.05, 4.69) is 62.3 Å². The summed E-state index contributed by atoms with van der Waals surface area (Å²) in [6.45, 7) is 8.79. The molecule has 1 aromatic rings. The first kappa shape index (κ1) is 14.2. The second-order valence-electron chi connectivity index (χ2n) is 5.37. The summed E-state index contributed by atoms with van der Waals surface area (Å²) in [5.74, 6) is 0. The third-order valence-corrected chi connectivity index (χ3v) is 3.69. The maximum Gasteiger partial charge on any atom is 0.0236 e. The van der Waals surface area contributed by atoms with Gasteiger partial charge in [0.1, 0.15) is 0 Å². The molecule has 0 aliphatic heterocycles. The minimum Gasteiger partial charge on any atom is -0.316 e. The first-order valence-corrected chi connectivity index (χ1v) is 6.43. The van der Waals surface area contributed by atoms with Crippen LogP contribution >= 0.6 is 0 Å². The molecule has 0 aliphatic rings. The van der Waals surface area contributed by atoms with Crippen molar-refractivity contribution < 1.29 is 0 Å². The smallest absolute Gasteiger partial charge is 0.0236 e. The SMILES string of the molecule is CCC(C)(C)N(C)Cc1cccc(CNC)c1. The molecule has 0 atom stereocenters. The average molecular weight is 234 g/mol. The Labute approximate surface area is 106 Å². The van der Waals surface area contributed by atoms with E-state index in [-0.39, 0.29) is 5.54 Å². The van der Waals surface area contributed by atoms with Crippen LogP contribution in [0.1, 0.15) is 38.3 Å². The van der Waals surface area contributed by atoms with E-state index in [1.165, 1.54) is 17.5 Å². The lowest BCUT2D eigenvalue weighted by Gasteiger charge is -2.35. The summed E-state index contributed by atoms with van der Waals surface area (Å²) < 4.78 is 0. The van der Waals surface area contributed by atoms with Gasteiger partial charge in [-0.25, -0.2) is 0 Å². The summed E-state index contributed by atoms with van der Waals surface area (Å²) in [4.78, 5) is 2.42. The van der Waals surface area contributed by atoms with Gasteiger partial charge in [-0.1, -0.05) is 31.2 Å². The van der Waals surface area contributed by atoms with Crippen molar-refractivity contribution in [3.63, 3.8) is 0 Å². The summed E-state index contributed by atoms with van der Waals surface area (Å²) in [5.41, 5.74) is 3.01. The molecule has 0 bridgehead atoms. The van der Waals surface area contributed by atoms with Crippen molar-refractivity contribution in [3.8, 4) is 0 Å². The third-order valence-electron chi connectivity index (χ3n) is 3.69. The molecule has 0 heterocycles. The van der Waals surface area contributed by atoms with Crippen molar-refractivity contribution in [1.82, 2.24) is 10.2 Å². The van der Waals surface area contributed by atoms with Crippen molar-refractivity contribution in [3.05, 3.63) is 35.4 Å². The molecule has 1 rings (SSSR count). The Hall–Kier alpha value is -0.860. The average Bonchev–Trinajstić information content (AvgIpc) is 2.30. The molecule has 17 heavy (non-hydrogen) atoms. The summed E-state index contributed by atoms with van der Waals surface area (Å²) in [6.07, 6.45) is 1.17. The Morgan fingerprint density at radius 1 is 1.24 bits per heavy atom. The zero-order valence-electron chi connectivity index (χ0n) is 11.9. The maximum atomic E-state index is 3.19. The molecule has 2 heteroatoms. The zero-order valence-corrected chi connectivity index (χ0v) is 11.9. The molecular formula is C15H26N2. The lowest BCUT2D eigenvalue weighted by atomic mass is 9.99. The molecular weight excluding hydrogens is 208 g/mol. The highest BCUT2D eigenvalue weighted by Crippen LogP contribution is 2.19. The molecule has 0 unspecified atom stereocenters. The second-order valence-corrected chi connectivity index (χ2v) is 5.37. The Morgan fingerprint density at radius 3 is 2.47 bits per heavy atom. The predicted octanol–water partition coefficient (Wildman–Crippen LogP) is 3.03. The molecule has 0 saturated carbocycles. The van der Waals surface area contributed by atoms with Crippen molar-refractivity contribution in [2.75, 3.05) is 14.1 Å². The summed E-state index contributed by atoms with van der Waals surface area (Å²) in [5, 5.41) is 3.19. The number of benzene rings is 1. The van der Waals surface area contributed by atoms with Gasteiger partial charge in [-0.05, 0) is 45.5 Å². The van der Waals surface area contributed by atoms with Crippen molar-refractivity contribution in [2.24, 2.45) is 0 Å². The standard InChI is InChI=1S/C15H26N2/c1-6-15(2,3)17(5)12-14-9-7-8-13(10-14)11-16-4/h7-10,16H,6,11-12H2,1-5H3. The van der Waals surface area contributed by atoms with Crippen molar-refractivity contribution in [1.29, 1.82) is 0 Å². The van der Waals surface area contributed by atoms with E-state index >= 15 is 0 Å². The van der Waals surface area contributed by atoms with Crippen LogP contribution in [0.2, 0.25) is 0 Å². The Balaban J connectivity index is 2.71. The first-order chi connectivity index (χ1) is 7.99. The van der Waals surface area contributed by atoms with Crippen molar-refractivity contribution in [2.45, 2.75) is 45.8 Å². The van der Waals surface area contributed by atoms with Gasteiger partial charge in [0.2, 0.25) is 0 Å². The van der Waals surface area contributed by atoms with Gasteiger partial charge in [0.05, 0.1) is 0 Å².